The SMILES string of the molecule is O=C(O)CCCCc1ccc(O)c(Cl)c1. The maximum absolute atomic E-state index is 10.3. The molecule has 1 aromatic rings. The van der Waals surface area contributed by atoms with Gasteiger partial charge in [-0.15, -0.1) is 0 Å². The van der Waals surface area contributed by atoms with E-state index in [1.54, 1.807) is 18.2 Å². The molecule has 2 N–H and O–H groups in total. The second-order valence-electron chi connectivity index (χ2n) is 3.39. The third-order valence-electron chi connectivity index (χ3n) is 2.12. The lowest BCUT2D eigenvalue weighted by Crippen LogP contribution is -1.94. The van der Waals surface area contributed by atoms with Crippen LogP contribution in [0.3, 0.4) is 0 Å². The van der Waals surface area contributed by atoms with Gasteiger partial charge in [-0.05, 0) is 37.0 Å². The van der Waals surface area contributed by atoms with Gasteiger partial charge in [-0.3, -0.25) is 4.79 Å². The number of benzene rings is 1. The van der Waals surface area contributed by atoms with E-state index in [-0.39, 0.29) is 12.2 Å². The fourth-order valence-electron chi connectivity index (χ4n) is 1.31. The molecule has 0 spiro atoms. The van der Waals surface area contributed by atoms with Crippen LogP contribution in [0, 0.1) is 0 Å². The fourth-order valence-corrected chi connectivity index (χ4v) is 1.51. The Morgan fingerprint density at radius 3 is 2.67 bits per heavy atom. The monoisotopic (exact) mass is 228 g/mol. The molecule has 0 radical (unpaired) electrons. The molecule has 82 valence electrons. The summed E-state index contributed by atoms with van der Waals surface area (Å²) in [7, 11) is 0. The van der Waals surface area contributed by atoms with Gasteiger partial charge >= 0.3 is 5.97 Å². The Kier molecular flexibility index (Phi) is 4.43. The average molecular weight is 229 g/mol. The quantitative estimate of drug-likeness (QED) is 0.762. The number of rotatable bonds is 5. The number of hydrogen-bond acceptors (Lipinski definition) is 2. The number of phenols is 1. The molecule has 0 saturated carbocycles. The van der Waals surface area contributed by atoms with Gasteiger partial charge in [0.15, 0.2) is 0 Å². The van der Waals surface area contributed by atoms with Crippen LogP contribution in [0.1, 0.15) is 24.8 Å². The minimum absolute atomic E-state index is 0.0750. The average Bonchev–Trinajstić information content (AvgIpc) is 2.18. The van der Waals surface area contributed by atoms with Crippen molar-refractivity contribution in [3.8, 4) is 5.75 Å². The molecular weight excluding hydrogens is 216 g/mol. The summed E-state index contributed by atoms with van der Waals surface area (Å²) in [6, 6.07) is 5.05. The largest absolute Gasteiger partial charge is 0.506 e. The lowest BCUT2D eigenvalue weighted by atomic mass is 10.1. The summed E-state index contributed by atoms with van der Waals surface area (Å²) in [5, 5.41) is 18.0. The second kappa shape index (κ2) is 5.61. The molecule has 1 rings (SSSR count). The maximum Gasteiger partial charge on any atom is 0.303 e. The molecule has 0 fully saturated rings. The van der Waals surface area contributed by atoms with Crippen LogP contribution in [-0.2, 0) is 11.2 Å². The first-order chi connectivity index (χ1) is 7.09. The Labute approximate surface area is 93.3 Å². The molecule has 3 nitrogen and oxygen atoms in total. The van der Waals surface area contributed by atoms with Crippen molar-refractivity contribution in [2.24, 2.45) is 0 Å². The van der Waals surface area contributed by atoms with E-state index in [0.717, 1.165) is 18.4 Å². The molecule has 0 bridgehead atoms. The van der Waals surface area contributed by atoms with E-state index in [4.69, 9.17) is 16.7 Å². The van der Waals surface area contributed by atoms with Gasteiger partial charge in [0.2, 0.25) is 0 Å². The smallest absolute Gasteiger partial charge is 0.303 e. The van der Waals surface area contributed by atoms with Gasteiger partial charge in [0.1, 0.15) is 5.75 Å². The number of aliphatic carboxylic acids is 1. The number of carboxylic acids is 1. The Morgan fingerprint density at radius 2 is 2.07 bits per heavy atom. The second-order valence-corrected chi connectivity index (χ2v) is 3.79. The zero-order valence-electron chi connectivity index (χ0n) is 8.24. The minimum Gasteiger partial charge on any atom is -0.506 e. The van der Waals surface area contributed by atoms with Crippen LogP contribution in [-0.4, -0.2) is 16.2 Å². The molecule has 0 aliphatic carbocycles. The molecule has 0 unspecified atom stereocenters. The standard InChI is InChI=1S/C11H13ClO3/c12-9-7-8(5-6-10(9)13)3-1-2-4-11(14)15/h5-7,13H,1-4H2,(H,14,15). The van der Waals surface area contributed by atoms with Crippen molar-refractivity contribution in [2.75, 3.05) is 0 Å². The van der Waals surface area contributed by atoms with Crippen molar-refractivity contribution in [2.45, 2.75) is 25.7 Å². The number of halogens is 1. The van der Waals surface area contributed by atoms with Gasteiger partial charge in [0.05, 0.1) is 5.02 Å². The lowest BCUT2D eigenvalue weighted by Gasteiger charge is -2.02. The van der Waals surface area contributed by atoms with Crippen LogP contribution in [0.5, 0.6) is 5.75 Å². The Morgan fingerprint density at radius 1 is 1.33 bits per heavy atom. The Bertz CT molecular complexity index is 350. The molecule has 1 aromatic carbocycles. The van der Waals surface area contributed by atoms with Crippen molar-refractivity contribution in [3.05, 3.63) is 28.8 Å². The van der Waals surface area contributed by atoms with E-state index in [1.165, 1.54) is 0 Å². The molecule has 0 aliphatic rings. The fraction of sp³-hybridized carbons (Fsp3) is 0.364. The van der Waals surface area contributed by atoms with Crippen molar-refractivity contribution < 1.29 is 15.0 Å². The summed E-state index contributed by atoms with van der Waals surface area (Å²) in [5.74, 6) is -0.690. The van der Waals surface area contributed by atoms with Crippen LogP contribution < -0.4 is 0 Å². The first kappa shape index (κ1) is 11.9. The van der Waals surface area contributed by atoms with Crippen molar-refractivity contribution in [3.63, 3.8) is 0 Å². The van der Waals surface area contributed by atoms with Gasteiger partial charge < -0.3 is 10.2 Å². The number of carboxylic acid groups (broad SMARTS) is 1. The van der Waals surface area contributed by atoms with Crippen LogP contribution in [0.4, 0.5) is 0 Å². The third-order valence-corrected chi connectivity index (χ3v) is 2.42. The predicted octanol–water partition coefficient (Wildman–Crippen LogP) is 2.84. The van der Waals surface area contributed by atoms with E-state index in [9.17, 15) is 9.90 Å². The highest BCUT2D eigenvalue weighted by Gasteiger charge is 2.01. The molecule has 0 saturated heterocycles. The summed E-state index contributed by atoms with van der Waals surface area (Å²) in [6.07, 6.45) is 2.46. The lowest BCUT2D eigenvalue weighted by molar-refractivity contribution is -0.137. The number of aryl methyl sites for hydroxylation is 1. The van der Waals surface area contributed by atoms with E-state index < -0.39 is 5.97 Å². The van der Waals surface area contributed by atoms with Gasteiger partial charge in [-0.1, -0.05) is 17.7 Å². The highest BCUT2D eigenvalue weighted by atomic mass is 35.5. The number of unbranched alkanes of at least 4 members (excludes halogenated alkanes) is 1. The molecular formula is C11H13ClO3. The molecule has 15 heavy (non-hydrogen) atoms. The van der Waals surface area contributed by atoms with Crippen molar-refractivity contribution >= 4 is 17.6 Å². The van der Waals surface area contributed by atoms with Crippen molar-refractivity contribution in [1.82, 2.24) is 0 Å². The normalized spacial score (nSPS) is 10.2. The van der Waals surface area contributed by atoms with Crippen LogP contribution >= 0.6 is 11.6 Å². The van der Waals surface area contributed by atoms with Crippen molar-refractivity contribution in [1.29, 1.82) is 0 Å². The van der Waals surface area contributed by atoms with Crippen LogP contribution in [0.15, 0.2) is 18.2 Å². The van der Waals surface area contributed by atoms with Gasteiger partial charge in [0, 0.05) is 6.42 Å². The molecule has 0 atom stereocenters. The molecule has 0 amide bonds. The third kappa shape index (κ3) is 4.21. The minimum atomic E-state index is -0.765. The Hall–Kier alpha value is -1.22. The highest BCUT2D eigenvalue weighted by Crippen LogP contribution is 2.24. The first-order valence-electron chi connectivity index (χ1n) is 4.79. The summed E-state index contributed by atoms with van der Waals surface area (Å²) in [4.78, 5) is 10.3. The van der Waals surface area contributed by atoms with E-state index in [2.05, 4.69) is 0 Å². The number of carbonyl (C=O) groups is 1. The number of aromatic hydroxyl groups is 1. The summed E-state index contributed by atoms with van der Waals surface area (Å²) in [6.45, 7) is 0. The van der Waals surface area contributed by atoms with Crippen LogP contribution in [0.25, 0.3) is 0 Å². The highest BCUT2D eigenvalue weighted by molar-refractivity contribution is 6.32. The number of hydrogen-bond donors (Lipinski definition) is 2. The molecule has 0 aromatic heterocycles. The van der Waals surface area contributed by atoms with Gasteiger partial charge in [-0.2, -0.15) is 0 Å². The van der Waals surface area contributed by atoms with E-state index >= 15 is 0 Å². The summed E-state index contributed by atoms with van der Waals surface area (Å²) >= 11 is 5.73. The molecule has 4 heteroatoms. The Balaban J connectivity index is 2.38. The summed E-state index contributed by atoms with van der Waals surface area (Å²) in [5.41, 5.74) is 1.02. The van der Waals surface area contributed by atoms with Gasteiger partial charge in [-0.25, -0.2) is 0 Å². The predicted molar refractivity (Wildman–Crippen MR) is 58.3 cm³/mol. The summed E-state index contributed by atoms with van der Waals surface area (Å²) < 4.78 is 0. The van der Waals surface area contributed by atoms with E-state index in [0.29, 0.717) is 11.4 Å². The maximum atomic E-state index is 10.3. The topological polar surface area (TPSA) is 57.5 Å². The van der Waals surface area contributed by atoms with E-state index in [1.807, 2.05) is 0 Å². The molecule has 0 heterocycles. The number of phenolic OH excluding ortho intramolecular Hbond substituents is 1. The van der Waals surface area contributed by atoms with Gasteiger partial charge in [0.25, 0.3) is 0 Å². The first-order valence-corrected chi connectivity index (χ1v) is 5.16. The van der Waals surface area contributed by atoms with Crippen LogP contribution in [0.2, 0.25) is 5.02 Å². The molecule has 0 aliphatic heterocycles. The zero-order chi connectivity index (χ0) is 11.3. The zero-order valence-corrected chi connectivity index (χ0v) is 9.00.